The number of pyridine rings is 1. The Morgan fingerprint density at radius 3 is 2.75 bits per heavy atom. The van der Waals surface area contributed by atoms with Crippen LogP contribution in [0.4, 0.5) is 0 Å². The van der Waals surface area contributed by atoms with Crippen molar-refractivity contribution in [2.45, 2.75) is 4.90 Å². The van der Waals surface area contributed by atoms with Crippen LogP contribution in [-0.4, -0.2) is 25.1 Å². The maximum atomic E-state index is 10.6. The standard InChI is InChI=1S/C6H7NO4S/c1-11-6-4-5(2-3-7-6)12(8,9)10/h2-4H,1H3,(H,8,9,10). The first-order valence-electron chi connectivity index (χ1n) is 3.01. The minimum absolute atomic E-state index is 0.144. The van der Waals surface area contributed by atoms with Crippen LogP contribution in [0.1, 0.15) is 0 Å². The van der Waals surface area contributed by atoms with E-state index in [9.17, 15) is 8.42 Å². The molecule has 1 aromatic heterocycles. The minimum atomic E-state index is -4.16. The van der Waals surface area contributed by atoms with E-state index in [4.69, 9.17) is 4.55 Å². The van der Waals surface area contributed by atoms with Gasteiger partial charge in [-0.05, 0) is 6.07 Å². The molecular weight excluding hydrogens is 182 g/mol. The first kappa shape index (κ1) is 8.95. The van der Waals surface area contributed by atoms with Gasteiger partial charge in [-0.3, -0.25) is 4.55 Å². The molecular formula is C6H7NO4S. The lowest BCUT2D eigenvalue weighted by Crippen LogP contribution is -1.99. The number of rotatable bonds is 2. The van der Waals surface area contributed by atoms with Crippen LogP contribution in [0.5, 0.6) is 5.88 Å². The number of ether oxygens (including phenoxy) is 1. The second-order valence-electron chi connectivity index (χ2n) is 2.01. The molecule has 0 unspecified atom stereocenters. The molecule has 0 radical (unpaired) electrons. The molecule has 0 aliphatic heterocycles. The number of methoxy groups -OCH3 is 1. The maximum absolute atomic E-state index is 10.6. The van der Waals surface area contributed by atoms with E-state index in [2.05, 4.69) is 9.72 Å². The highest BCUT2D eigenvalue weighted by atomic mass is 32.2. The molecule has 0 fully saturated rings. The van der Waals surface area contributed by atoms with Gasteiger partial charge >= 0.3 is 0 Å². The summed E-state index contributed by atoms with van der Waals surface area (Å²) in [5.74, 6) is 0.144. The fraction of sp³-hybridized carbons (Fsp3) is 0.167. The third-order valence-corrected chi connectivity index (χ3v) is 2.06. The molecule has 0 spiro atoms. The molecule has 0 atom stereocenters. The zero-order valence-electron chi connectivity index (χ0n) is 6.26. The summed E-state index contributed by atoms with van der Waals surface area (Å²) in [6, 6.07) is 2.31. The predicted molar refractivity (Wildman–Crippen MR) is 40.6 cm³/mol. The van der Waals surface area contributed by atoms with E-state index in [1.54, 1.807) is 0 Å². The second kappa shape index (κ2) is 3.08. The molecule has 66 valence electrons. The molecule has 12 heavy (non-hydrogen) atoms. The van der Waals surface area contributed by atoms with E-state index in [1.807, 2.05) is 0 Å². The van der Waals surface area contributed by atoms with Crippen LogP contribution in [0.15, 0.2) is 23.2 Å². The van der Waals surface area contributed by atoms with E-state index < -0.39 is 10.1 Å². The van der Waals surface area contributed by atoms with Gasteiger partial charge in [0.25, 0.3) is 10.1 Å². The maximum Gasteiger partial charge on any atom is 0.294 e. The number of hydrogen-bond donors (Lipinski definition) is 1. The third-order valence-electron chi connectivity index (χ3n) is 1.21. The highest BCUT2D eigenvalue weighted by Gasteiger charge is 2.09. The van der Waals surface area contributed by atoms with Crippen molar-refractivity contribution in [2.75, 3.05) is 7.11 Å². The fourth-order valence-electron chi connectivity index (χ4n) is 0.663. The third kappa shape index (κ3) is 1.93. The number of hydrogen-bond acceptors (Lipinski definition) is 4. The summed E-state index contributed by atoms with van der Waals surface area (Å²) < 4.78 is 34.4. The Morgan fingerprint density at radius 2 is 2.25 bits per heavy atom. The van der Waals surface area contributed by atoms with Crippen LogP contribution in [0.3, 0.4) is 0 Å². The molecule has 1 aromatic rings. The monoisotopic (exact) mass is 189 g/mol. The lowest BCUT2D eigenvalue weighted by atomic mass is 10.5. The predicted octanol–water partition coefficient (Wildman–Crippen LogP) is 0.337. The Labute approximate surface area is 69.8 Å². The Bertz CT molecular complexity index is 373. The van der Waals surface area contributed by atoms with Crippen molar-refractivity contribution in [3.05, 3.63) is 18.3 Å². The van der Waals surface area contributed by atoms with Crippen LogP contribution in [0.25, 0.3) is 0 Å². The molecule has 0 saturated carbocycles. The van der Waals surface area contributed by atoms with Crippen molar-refractivity contribution in [3.8, 4) is 5.88 Å². The Kier molecular flexibility index (Phi) is 2.30. The van der Waals surface area contributed by atoms with Crippen LogP contribution in [0.2, 0.25) is 0 Å². The van der Waals surface area contributed by atoms with Crippen LogP contribution < -0.4 is 4.74 Å². The molecule has 1 heterocycles. The quantitative estimate of drug-likeness (QED) is 0.679. The SMILES string of the molecule is COc1cc(S(=O)(=O)O)ccn1. The first-order valence-corrected chi connectivity index (χ1v) is 4.45. The average molecular weight is 189 g/mol. The lowest BCUT2D eigenvalue weighted by Gasteiger charge is -1.99. The smallest absolute Gasteiger partial charge is 0.294 e. The summed E-state index contributed by atoms with van der Waals surface area (Å²) in [6.45, 7) is 0. The zero-order valence-corrected chi connectivity index (χ0v) is 7.08. The largest absolute Gasteiger partial charge is 0.481 e. The van der Waals surface area contributed by atoms with Crippen molar-refractivity contribution in [2.24, 2.45) is 0 Å². The Balaban J connectivity index is 3.20. The number of nitrogens with zero attached hydrogens (tertiary/aromatic N) is 1. The summed E-state index contributed by atoms with van der Waals surface area (Å²) in [5.41, 5.74) is 0. The molecule has 0 bridgehead atoms. The minimum Gasteiger partial charge on any atom is -0.481 e. The van der Waals surface area contributed by atoms with Crippen molar-refractivity contribution in [1.29, 1.82) is 0 Å². The van der Waals surface area contributed by atoms with Gasteiger partial charge in [0, 0.05) is 12.3 Å². The summed E-state index contributed by atoms with van der Waals surface area (Å²) >= 11 is 0. The van der Waals surface area contributed by atoms with Crippen LogP contribution >= 0.6 is 0 Å². The normalized spacial score (nSPS) is 11.2. The van der Waals surface area contributed by atoms with E-state index in [-0.39, 0.29) is 10.8 Å². The van der Waals surface area contributed by atoms with Gasteiger partial charge in [-0.15, -0.1) is 0 Å². The molecule has 1 N–H and O–H groups in total. The van der Waals surface area contributed by atoms with Gasteiger partial charge in [0.2, 0.25) is 5.88 Å². The van der Waals surface area contributed by atoms with Crippen molar-refractivity contribution in [1.82, 2.24) is 4.98 Å². The van der Waals surface area contributed by atoms with E-state index >= 15 is 0 Å². The van der Waals surface area contributed by atoms with Gasteiger partial charge in [0.15, 0.2) is 0 Å². The fourth-order valence-corrected chi connectivity index (χ4v) is 1.15. The molecule has 0 aliphatic carbocycles. The highest BCUT2D eigenvalue weighted by Crippen LogP contribution is 2.12. The molecule has 6 heteroatoms. The highest BCUT2D eigenvalue weighted by molar-refractivity contribution is 7.85. The van der Waals surface area contributed by atoms with E-state index in [0.717, 1.165) is 6.07 Å². The van der Waals surface area contributed by atoms with Gasteiger partial charge in [0.05, 0.1) is 7.11 Å². The molecule has 0 aromatic carbocycles. The van der Waals surface area contributed by atoms with Gasteiger partial charge < -0.3 is 4.74 Å². The lowest BCUT2D eigenvalue weighted by molar-refractivity contribution is 0.395. The number of aromatic nitrogens is 1. The van der Waals surface area contributed by atoms with Gasteiger partial charge in [-0.1, -0.05) is 0 Å². The van der Waals surface area contributed by atoms with E-state index in [1.165, 1.54) is 19.4 Å². The Morgan fingerprint density at radius 1 is 1.58 bits per heavy atom. The summed E-state index contributed by atoms with van der Waals surface area (Å²) in [7, 11) is -2.80. The molecule has 0 aliphatic rings. The van der Waals surface area contributed by atoms with Crippen molar-refractivity contribution in [3.63, 3.8) is 0 Å². The van der Waals surface area contributed by atoms with Crippen molar-refractivity contribution >= 4 is 10.1 Å². The van der Waals surface area contributed by atoms with Crippen LogP contribution in [0, 0.1) is 0 Å². The Hall–Kier alpha value is -1.14. The van der Waals surface area contributed by atoms with Gasteiger partial charge in [-0.2, -0.15) is 8.42 Å². The average Bonchev–Trinajstić information content (AvgIpc) is 2.03. The molecule has 5 nitrogen and oxygen atoms in total. The first-order chi connectivity index (χ1) is 5.54. The van der Waals surface area contributed by atoms with E-state index in [0.29, 0.717) is 0 Å². The van der Waals surface area contributed by atoms with Gasteiger partial charge in [0.1, 0.15) is 4.90 Å². The molecule has 0 amide bonds. The summed E-state index contributed by atoms with van der Waals surface area (Å²) in [4.78, 5) is 3.45. The summed E-state index contributed by atoms with van der Waals surface area (Å²) in [5, 5.41) is 0. The van der Waals surface area contributed by atoms with Gasteiger partial charge in [-0.25, -0.2) is 4.98 Å². The molecule has 0 saturated heterocycles. The summed E-state index contributed by atoms with van der Waals surface area (Å²) in [6.07, 6.45) is 1.24. The van der Waals surface area contributed by atoms with Crippen LogP contribution in [-0.2, 0) is 10.1 Å². The van der Waals surface area contributed by atoms with Crippen molar-refractivity contribution < 1.29 is 17.7 Å². The molecule has 1 rings (SSSR count). The topological polar surface area (TPSA) is 76.5 Å². The second-order valence-corrected chi connectivity index (χ2v) is 3.43. The zero-order chi connectivity index (χ0) is 9.19.